The van der Waals surface area contributed by atoms with Crippen molar-refractivity contribution in [2.75, 3.05) is 5.32 Å². The molecule has 0 spiro atoms. The van der Waals surface area contributed by atoms with E-state index in [2.05, 4.69) is 10.3 Å². The molecule has 0 bridgehead atoms. The maximum atomic E-state index is 5.44. The third-order valence-electron chi connectivity index (χ3n) is 2.87. The first-order valence-electron chi connectivity index (χ1n) is 5.83. The SMILES string of the molecule is NC(=S)Nc1ccc(-n2cnc3ccccc32)cc1. The van der Waals surface area contributed by atoms with Crippen molar-refractivity contribution in [2.24, 2.45) is 5.73 Å². The number of nitrogens with one attached hydrogen (secondary N) is 1. The van der Waals surface area contributed by atoms with Gasteiger partial charge in [0.05, 0.1) is 11.0 Å². The van der Waals surface area contributed by atoms with Crippen LogP contribution >= 0.6 is 12.2 Å². The summed E-state index contributed by atoms with van der Waals surface area (Å²) >= 11 is 4.80. The molecule has 3 N–H and O–H groups in total. The van der Waals surface area contributed by atoms with Gasteiger partial charge in [0.2, 0.25) is 0 Å². The molecule has 4 nitrogen and oxygen atoms in total. The third-order valence-corrected chi connectivity index (χ3v) is 2.97. The second-order valence-electron chi connectivity index (χ2n) is 4.14. The molecular formula is C14H12N4S. The zero-order chi connectivity index (χ0) is 13.2. The second kappa shape index (κ2) is 4.70. The normalized spacial score (nSPS) is 10.5. The summed E-state index contributed by atoms with van der Waals surface area (Å²) in [6.07, 6.45) is 1.82. The Labute approximate surface area is 115 Å². The minimum atomic E-state index is 0.265. The van der Waals surface area contributed by atoms with Crippen LogP contribution < -0.4 is 11.1 Å². The lowest BCUT2D eigenvalue weighted by molar-refractivity contribution is 1.09. The first-order valence-corrected chi connectivity index (χ1v) is 6.24. The van der Waals surface area contributed by atoms with Gasteiger partial charge < -0.3 is 11.1 Å². The highest BCUT2D eigenvalue weighted by atomic mass is 32.1. The van der Waals surface area contributed by atoms with Crippen LogP contribution in [0.2, 0.25) is 0 Å². The van der Waals surface area contributed by atoms with E-state index in [-0.39, 0.29) is 5.11 Å². The van der Waals surface area contributed by atoms with Gasteiger partial charge in [-0.25, -0.2) is 4.98 Å². The lowest BCUT2D eigenvalue weighted by atomic mass is 10.2. The summed E-state index contributed by atoms with van der Waals surface area (Å²) in [5.74, 6) is 0. The fraction of sp³-hybridized carbons (Fsp3) is 0. The molecule has 0 saturated carbocycles. The van der Waals surface area contributed by atoms with E-state index < -0.39 is 0 Å². The van der Waals surface area contributed by atoms with Gasteiger partial charge in [-0.1, -0.05) is 12.1 Å². The van der Waals surface area contributed by atoms with E-state index in [1.807, 2.05) is 59.4 Å². The van der Waals surface area contributed by atoms with Gasteiger partial charge in [0.15, 0.2) is 5.11 Å². The zero-order valence-electron chi connectivity index (χ0n) is 10.1. The maximum Gasteiger partial charge on any atom is 0.168 e. The minimum Gasteiger partial charge on any atom is -0.376 e. The van der Waals surface area contributed by atoms with Gasteiger partial charge in [-0.2, -0.15) is 0 Å². The summed E-state index contributed by atoms with van der Waals surface area (Å²) < 4.78 is 2.04. The lowest BCUT2D eigenvalue weighted by Crippen LogP contribution is -2.18. The summed E-state index contributed by atoms with van der Waals surface area (Å²) in [5, 5.41) is 3.16. The number of hydrogen-bond acceptors (Lipinski definition) is 2. The van der Waals surface area contributed by atoms with Gasteiger partial charge in [0.25, 0.3) is 0 Å². The number of nitrogens with two attached hydrogens (primary N) is 1. The largest absolute Gasteiger partial charge is 0.376 e. The molecule has 5 heteroatoms. The number of anilines is 1. The van der Waals surface area contributed by atoms with Crippen LogP contribution in [0.1, 0.15) is 0 Å². The molecule has 0 aliphatic carbocycles. The van der Waals surface area contributed by atoms with Crippen LogP contribution in [-0.4, -0.2) is 14.7 Å². The van der Waals surface area contributed by atoms with Crippen molar-refractivity contribution in [3.05, 3.63) is 54.9 Å². The number of rotatable bonds is 2. The summed E-state index contributed by atoms with van der Waals surface area (Å²) in [5.41, 5.74) is 9.42. The van der Waals surface area contributed by atoms with Crippen LogP contribution in [0.4, 0.5) is 5.69 Å². The number of benzene rings is 2. The van der Waals surface area contributed by atoms with Crippen LogP contribution in [0.25, 0.3) is 16.7 Å². The first-order chi connectivity index (χ1) is 9.24. The van der Waals surface area contributed by atoms with Gasteiger partial charge in [-0.15, -0.1) is 0 Å². The van der Waals surface area contributed by atoms with Crippen LogP contribution in [0, 0.1) is 0 Å². The molecule has 0 atom stereocenters. The Kier molecular flexibility index (Phi) is 2.89. The first kappa shape index (κ1) is 11.7. The highest BCUT2D eigenvalue weighted by Crippen LogP contribution is 2.19. The minimum absolute atomic E-state index is 0.265. The molecule has 3 rings (SSSR count). The van der Waals surface area contributed by atoms with Crippen molar-refractivity contribution in [2.45, 2.75) is 0 Å². The summed E-state index contributed by atoms with van der Waals surface area (Å²) in [7, 11) is 0. The molecule has 1 heterocycles. The molecule has 0 amide bonds. The Morgan fingerprint density at radius 2 is 1.84 bits per heavy atom. The van der Waals surface area contributed by atoms with Crippen LogP contribution in [0.3, 0.4) is 0 Å². The number of aromatic nitrogens is 2. The smallest absolute Gasteiger partial charge is 0.168 e. The van der Waals surface area contributed by atoms with E-state index in [1.165, 1.54) is 0 Å². The van der Waals surface area contributed by atoms with Crippen LogP contribution in [0.15, 0.2) is 54.9 Å². The van der Waals surface area contributed by atoms with Crippen molar-refractivity contribution in [1.82, 2.24) is 9.55 Å². The van der Waals surface area contributed by atoms with Gasteiger partial charge in [-0.05, 0) is 48.6 Å². The Balaban J connectivity index is 2.00. The highest BCUT2D eigenvalue weighted by Gasteiger charge is 2.03. The van der Waals surface area contributed by atoms with E-state index in [0.717, 1.165) is 22.4 Å². The number of fused-ring (bicyclic) bond motifs is 1. The van der Waals surface area contributed by atoms with Crippen molar-refractivity contribution in [1.29, 1.82) is 0 Å². The topological polar surface area (TPSA) is 55.9 Å². The predicted molar refractivity (Wildman–Crippen MR) is 81.5 cm³/mol. The van der Waals surface area contributed by atoms with Crippen LogP contribution in [0.5, 0.6) is 0 Å². The molecule has 0 aliphatic rings. The highest BCUT2D eigenvalue weighted by molar-refractivity contribution is 7.80. The van der Waals surface area contributed by atoms with E-state index in [0.29, 0.717) is 0 Å². The molecule has 0 saturated heterocycles. The van der Waals surface area contributed by atoms with Crippen molar-refractivity contribution in [3.63, 3.8) is 0 Å². The van der Waals surface area contributed by atoms with Gasteiger partial charge in [0.1, 0.15) is 6.33 Å². The summed E-state index contributed by atoms with van der Waals surface area (Å²) in [6.45, 7) is 0. The van der Waals surface area contributed by atoms with Crippen molar-refractivity contribution in [3.8, 4) is 5.69 Å². The monoisotopic (exact) mass is 268 g/mol. The van der Waals surface area contributed by atoms with Crippen molar-refractivity contribution < 1.29 is 0 Å². The van der Waals surface area contributed by atoms with E-state index in [4.69, 9.17) is 18.0 Å². The predicted octanol–water partition coefficient (Wildman–Crippen LogP) is 2.68. The fourth-order valence-corrected chi connectivity index (χ4v) is 2.13. The average Bonchev–Trinajstić information content (AvgIpc) is 2.83. The quantitative estimate of drug-likeness (QED) is 0.702. The molecule has 3 aromatic rings. The Morgan fingerprint density at radius 1 is 1.11 bits per heavy atom. The van der Waals surface area contributed by atoms with E-state index in [1.54, 1.807) is 0 Å². The molecule has 1 aromatic heterocycles. The zero-order valence-corrected chi connectivity index (χ0v) is 10.9. The third kappa shape index (κ3) is 2.28. The number of thiocarbonyl (C=S) groups is 1. The second-order valence-corrected chi connectivity index (χ2v) is 4.58. The molecule has 19 heavy (non-hydrogen) atoms. The number of para-hydroxylation sites is 2. The molecule has 0 radical (unpaired) electrons. The van der Waals surface area contributed by atoms with E-state index in [9.17, 15) is 0 Å². The Morgan fingerprint density at radius 3 is 2.58 bits per heavy atom. The lowest BCUT2D eigenvalue weighted by Gasteiger charge is -2.07. The summed E-state index contributed by atoms with van der Waals surface area (Å²) in [4.78, 5) is 4.37. The Hall–Kier alpha value is -2.40. The van der Waals surface area contributed by atoms with Gasteiger partial charge in [-0.3, -0.25) is 4.57 Å². The molecule has 0 fully saturated rings. The summed E-state index contributed by atoms with van der Waals surface area (Å²) in [6, 6.07) is 15.9. The molecular weight excluding hydrogens is 256 g/mol. The van der Waals surface area contributed by atoms with Crippen molar-refractivity contribution >= 4 is 34.1 Å². The molecule has 0 unspecified atom stereocenters. The van der Waals surface area contributed by atoms with Crippen LogP contribution in [-0.2, 0) is 0 Å². The maximum absolute atomic E-state index is 5.44. The average molecular weight is 268 g/mol. The molecule has 0 aliphatic heterocycles. The number of imidazole rings is 1. The van der Waals surface area contributed by atoms with Gasteiger partial charge >= 0.3 is 0 Å². The molecule has 2 aromatic carbocycles. The fourth-order valence-electron chi connectivity index (χ4n) is 2.01. The number of nitrogens with zero attached hydrogens (tertiary/aromatic N) is 2. The number of hydrogen-bond donors (Lipinski definition) is 2. The molecule has 94 valence electrons. The standard InChI is InChI=1S/C14H12N4S/c15-14(19)17-10-5-7-11(8-6-10)18-9-16-12-3-1-2-4-13(12)18/h1-9H,(H3,15,17,19). The Bertz CT molecular complexity index is 731. The van der Waals surface area contributed by atoms with E-state index >= 15 is 0 Å². The van der Waals surface area contributed by atoms with Gasteiger partial charge in [0, 0.05) is 11.4 Å².